The van der Waals surface area contributed by atoms with Gasteiger partial charge in [-0.15, -0.1) is 0 Å². The van der Waals surface area contributed by atoms with Crippen molar-refractivity contribution < 1.29 is 22.7 Å². The van der Waals surface area contributed by atoms with E-state index in [9.17, 15) is 18.0 Å². The lowest BCUT2D eigenvalue weighted by molar-refractivity contribution is -0.116. The van der Waals surface area contributed by atoms with Crippen molar-refractivity contribution in [2.45, 2.75) is 19.3 Å². The fourth-order valence-electron chi connectivity index (χ4n) is 2.35. The van der Waals surface area contributed by atoms with Crippen LogP contribution in [0.25, 0.3) is 0 Å². The van der Waals surface area contributed by atoms with Gasteiger partial charge in [-0.3, -0.25) is 9.59 Å². The minimum Gasteiger partial charge on any atom is -0.385 e. The molecule has 0 unspecified atom stereocenters. The highest BCUT2D eigenvalue weighted by Crippen LogP contribution is 2.29. The first-order chi connectivity index (χ1) is 11.4. The second kappa shape index (κ2) is 7.96. The molecule has 0 aliphatic carbocycles. The van der Waals surface area contributed by atoms with Crippen LogP contribution < -0.4 is 9.62 Å². The molecule has 2 rings (SSSR count). The molecule has 132 valence electrons. The molecule has 0 radical (unpaired) electrons. The van der Waals surface area contributed by atoms with Crippen LogP contribution in [0.3, 0.4) is 0 Å². The number of sulfonamides is 1. The van der Waals surface area contributed by atoms with Crippen molar-refractivity contribution in [2.75, 3.05) is 30.3 Å². The average Bonchev–Trinajstić information content (AvgIpc) is 2.81. The number of methoxy groups -OCH3 is 1. The minimum absolute atomic E-state index is 0.0635. The summed E-state index contributed by atoms with van der Waals surface area (Å²) in [6.45, 7) is 1.06. The number of anilines is 1. The number of halogens is 1. The highest BCUT2D eigenvalue weighted by atomic mass is 35.5. The first-order valence-corrected chi connectivity index (χ1v) is 9.48. The van der Waals surface area contributed by atoms with Crippen LogP contribution in [0, 0.1) is 0 Å². The first kappa shape index (κ1) is 18.7. The van der Waals surface area contributed by atoms with Crippen molar-refractivity contribution in [3.05, 3.63) is 28.8 Å². The van der Waals surface area contributed by atoms with Crippen molar-refractivity contribution in [2.24, 2.45) is 0 Å². The number of rotatable bonds is 7. The van der Waals surface area contributed by atoms with Gasteiger partial charge in [-0.2, -0.15) is 0 Å². The van der Waals surface area contributed by atoms with E-state index in [-0.39, 0.29) is 28.4 Å². The van der Waals surface area contributed by atoms with E-state index in [2.05, 4.69) is 5.32 Å². The van der Waals surface area contributed by atoms with Gasteiger partial charge in [-0.25, -0.2) is 12.7 Å². The fourth-order valence-corrected chi connectivity index (χ4v) is 4.01. The number of hydrogen-bond donors (Lipinski definition) is 1. The molecule has 1 aliphatic rings. The molecule has 1 heterocycles. The molecule has 0 saturated carbocycles. The molecule has 1 N–H and O–H groups in total. The Morgan fingerprint density at radius 3 is 2.75 bits per heavy atom. The molecular formula is C15H19ClN2O5S. The van der Waals surface area contributed by atoms with Gasteiger partial charge in [-0.1, -0.05) is 11.6 Å². The van der Waals surface area contributed by atoms with Crippen molar-refractivity contribution in [1.82, 2.24) is 5.32 Å². The Morgan fingerprint density at radius 2 is 2.12 bits per heavy atom. The van der Waals surface area contributed by atoms with Crippen LogP contribution in [0.15, 0.2) is 18.2 Å². The highest BCUT2D eigenvalue weighted by Gasteiger charge is 2.36. The van der Waals surface area contributed by atoms with Crippen molar-refractivity contribution in [3.63, 3.8) is 0 Å². The summed E-state index contributed by atoms with van der Waals surface area (Å²) in [5.74, 6) is -1.15. The van der Waals surface area contributed by atoms with Gasteiger partial charge in [0.05, 0.1) is 22.0 Å². The van der Waals surface area contributed by atoms with E-state index in [0.717, 1.165) is 17.1 Å². The zero-order valence-corrected chi connectivity index (χ0v) is 14.8. The summed E-state index contributed by atoms with van der Waals surface area (Å²) in [6, 6.07) is 4.16. The zero-order valence-electron chi connectivity index (χ0n) is 13.2. The van der Waals surface area contributed by atoms with Gasteiger partial charge >= 0.3 is 0 Å². The summed E-state index contributed by atoms with van der Waals surface area (Å²) < 4.78 is 29.6. The lowest BCUT2D eigenvalue weighted by Gasteiger charge is -2.16. The third-order valence-corrected chi connectivity index (χ3v) is 5.59. The lowest BCUT2D eigenvalue weighted by atomic mass is 10.1. The van der Waals surface area contributed by atoms with Crippen LogP contribution in [0.5, 0.6) is 0 Å². The van der Waals surface area contributed by atoms with E-state index in [4.69, 9.17) is 16.3 Å². The van der Waals surface area contributed by atoms with E-state index >= 15 is 0 Å². The summed E-state index contributed by atoms with van der Waals surface area (Å²) in [7, 11) is -2.07. The molecule has 7 nitrogen and oxygen atoms in total. The molecule has 1 saturated heterocycles. The molecular weight excluding hydrogens is 356 g/mol. The number of nitrogens with zero attached hydrogens (tertiary/aromatic N) is 1. The summed E-state index contributed by atoms with van der Waals surface area (Å²) in [6.07, 6.45) is 1.49. The topological polar surface area (TPSA) is 92.8 Å². The molecule has 1 fully saturated rings. The smallest absolute Gasteiger partial charge is 0.252 e. The van der Waals surface area contributed by atoms with Crippen molar-refractivity contribution in [3.8, 4) is 0 Å². The Kier molecular flexibility index (Phi) is 6.20. The number of carbonyl (C=O) groups is 2. The molecule has 1 aromatic rings. The molecule has 1 aliphatic heterocycles. The molecule has 24 heavy (non-hydrogen) atoms. The second-order valence-electron chi connectivity index (χ2n) is 5.34. The summed E-state index contributed by atoms with van der Waals surface area (Å²) in [5.41, 5.74) is 0.266. The Bertz CT molecular complexity index is 735. The Balaban J connectivity index is 2.14. The van der Waals surface area contributed by atoms with Crippen LogP contribution in [-0.4, -0.2) is 46.2 Å². The normalized spacial score (nSPS) is 16.4. The zero-order chi connectivity index (χ0) is 17.7. The van der Waals surface area contributed by atoms with E-state index < -0.39 is 21.8 Å². The fraction of sp³-hybridized carbons (Fsp3) is 0.467. The summed E-state index contributed by atoms with van der Waals surface area (Å²) in [5, 5.41) is 2.91. The number of carbonyl (C=O) groups excluding carboxylic acids is 2. The highest BCUT2D eigenvalue weighted by molar-refractivity contribution is 7.94. The number of hydrogen-bond acceptors (Lipinski definition) is 5. The van der Waals surface area contributed by atoms with E-state index in [1.807, 2.05) is 0 Å². The molecule has 0 atom stereocenters. The van der Waals surface area contributed by atoms with Gasteiger partial charge in [0.1, 0.15) is 0 Å². The largest absolute Gasteiger partial charge is 0.385 e. The third kappa shape index (κ3) is 4.25. The number of ether oxygens (including phenoxy) is 1. The third-order valence-electron chi connectivity index (χ3n) is 3.57. The number of nitrogens with one attached hydrogen (secondary N) is 1. The maximum atomic E-state index is 12.2. The average molecular weight is 375 g/mol. The molecule has 0 spiro atoms. The van der Waals surface area contributed by atoms with Gasteiger partial charge in [0.2, 0.25) is 15.9 Å². The van der Waals surface area contributed by atoms with E-state index in [0.29, 0.717) is 13.2 Å². The van der Waals surface area contributed by atoms with Gasteiger partial charge in [0, 0.05) is 26.7 Å². The van der Waals surface area contributed by atoms with Crippen molar-refractivity contribution in [1.29, 1.82) is 0 Å². The first-order valence-electron chi connectivity index (χ1n) is 7.49. The Labute approximate surface area is 146 Å². The molecule has 1 aromatic carbocycles. The molecule has 0 bridgehead atoms. The maximum Gasteiger partial charge on any atom is 0.252 e. The lowest BCUT2D eigenvalue weighted by Crippen LogP contribution is -2.30. The van der Waals surface area contributed by atoms with Gasteiger partial charge in [0.25, 0.3) is 5.91 Å². The van der Waals surface area contributed by atoms with Gasteiger partial charge in [0.15, 0.2) is 0 Å². The van der Waals surface area contributed by atoms with Gasteiger partial charge < -0.3 is 10.1 Å². The quantitative estimate of drug-likeness (QED) is 0.731. The van der Waals surface area contributed by atoms with Crippen LogP contribution in [-0.2, 0) is 19.6 Å². The number of amides is 2. The Hall–Kier alpha value is -1.64. The monoisotopic (exact) mass is 374 g/mol. The SMILES string of the molecule is COCCCCNC(=O)c1cc(N2C(=O)CCS2(=O)=O)ccc1Cl. The summed E-state index contributed by atoms with van der Waals surface area (Å²) >= 11 is 6.03. The Morgan fingerprint density at radius 1 is 1.38 bits per heavy atom. The van der Waals surface area contributed by atoms with E-state index in [1.165, 1.54) is 18.2 Å². The molecule has 2 amide bonds. The van der Waals surface area contributed by atoms with Crippen LogP contribution in [0.2, 0.25) is 5.02 Å². The van der Waals surface area contributed by atoms with Gasteiger partial charge in [-0.05, 0) is 31.0 Å². The van der Waals surface area contributed by atoms with Crippen LogP contribution in [0.4, 0.5) is 5.69 Å². The minimum atomic E-state index is -3.68. The number of unbranched alkanes of at least 4 members (excludes halogenated alkanes) is 1. The standard InChI is InChI=1S/C15H19ClN2O5S/c1-23-8-3-2-7-17-15(20)12-10-11(4-5-13(12)16)18-14(19)6-9-24(18,21)22/h4-5,10H,2-3,6-9H2,1H3,(H,17,20). The van der Waals surface area contributed by atoms with Crippen LogP contribution in [0.1, 0.15) is 29.6 Å². The summed E-state index contributed by atoms with van der Waals surface area (Å²) in [4.78, 5) is 24.1. The number of benzene rings is 1. The molecule has 9 heteroatoms. The van der Waals surface area contributed by atoms with E-state index in [1.54, 1.807) is 7.11 Å². The maximum absolute atomic E-state index is 12.2. The van der Waals surface area contributed by atoms with Crippen LogP contribution >= 0.6 is 11.6 Å². The predicted octanol–water partition coefficient (Wildman–Crippen LogP) is 1.56. The molecule has 0 aromatic heterocycles. The second-order valence-corrected chi connectivity index (χ2v) is 7.69. The van der Waals surface area contributed by atoms with Crippen molar-refractivity contribution >= 4 is 39.1 Å². The predicted molar refractivity (Wildman–Crippen MR) is 90.8 cm³/mol.